The Hall–Kier alpha value is -3.79. The maximum Gasteiger partial charge on any atom is 0.361 e. The predicted octanol–water partition coefficient (Wildman–Crippen LogP) is 13.8. The van der Waals surface area contributed by atoms with Crippen LogP contribution in [0.15, 0.2) is 97.2 Å². The number of nitrogens with zero attached hydrogens (tertiary/aromatic N) is 1. The monoisotopic (exact) mass is 895 g/mol. The molecule has 364 valence electrons. The van der Waals surface area contributed by atoms with E-state index in [0.717, 1.165) is 83.5 Å². The topological polar surface area (TPSA) is 108 Å². The lowest BCUT2D eigenvalue weighted by atomic mass is 10.0. The lowest BCUT2D eigenvalue weighted by Gasteiger charge is -2.25. The zero-order valence-electron chi connectivity index (χ0n) is 41.2. The SMILES string of the molecule is CC/C=C\C/C=C\C/C=C\C/C=C\C/C=C\C/C=C\C/C=C\C/C=C\CCCCC(=O)OC(COC(=O)CCCCCCCCCCCCCC)COC(OCC[N+](C)(C)C)C(=O)O. The van der Waals surface area contributed by atoms with E-state index in [0.29, 0.717) is 17.4 Å². The first-order chi connectivity index (χ1) is 31.1. The molecule has 0 amide bonds. The molecule has 0 aliphatic rings. The first-order valence-corrected chi connectivity index (χ1v) is 24.9. The zero-order valence-corrected chi connectivity index (χ0v) is 41.2. The molecule has 2 unspecified atom stereocenters. The maximum absolute atomic E-state index is 12.8. The number of carboxylic acid groups (broad SMARTS) is 1. The molecule has 1 N–H and O–H groups in total. The Balaban J connectivity index is 4.44. The summed E-state index contributed by atoms with van der Waals surface area (Å²) in [5.41, 5.74) is 0. The minimum absolute atomic E-state index is 0.175. The van der Waals surface area contributed by atoms with Gasteiger partial charge in [0.2, 0.25) is 0 Å². The molecule has 9 nitrogen and oxygen atoms in total. The van der Waals surface area contributed by atoms with E-state index in [1.165, 1.54) is 57.8 Å². The van der Waals surface area contributed by atoms with Crippen molar-refractivity contribution in [1.29, 1.82) is 0 Å². The number of carbonyl (C=O) groups excluding carboxylic acids is 2. The molecular formula is C55H92NO8+. The summed E-state index contributed by atoms with van der Waals surface area (Å²) in [7, 11) is 5.93. The molecule has 0 saturated heterocycles. The smallest absolute Gasteiger partial charge is 0.361 e. The van der Waals surface area contributed by atoms with Gasteiger partial charge in [-0.2, -0.15) is 0 Å². The molecule has 0 bridgehead atoms. The second kappa shape index (κ2) is 45.8. The number of carbonyl (C=O) groups is 3. The molecule has 0 fully saturated rings. The van der Waals surface area contributed by atoms with Gasteiger partial charge in [-0.25, -0.2) is 4.79 Å². The van der Waals surface area contributed by atoms with Crippen LogP contribution in [0.2, 0.25) is 0 Å². The van der Waals surface area contributed by atoms with Crippen molar-refractivity contribution in [1.82, 2.24) is 0 Å². The highest BCUT2D eigenvalue weighted by Crippen LogP contribution is 2.14. The quantitative estimate of drug-likeness (QED) is 0.0212. The highest BCUT2D eigenvalue weighted by Gasteiger charge is 2.25. The van der Waals surface area contributed by atoms with Gasteiger partial charge >= 0.3 is 17.9 Å². The van der Waals surface area contributed by atoms with Crippen LogP contribution in [0.25, 0.3) is 0 Å². The van der Waals surface area contributed by atoms with Crippen LogP contribution in [0.4, 0.5) is 0 Å². The summed E-state index contributed by atoms with van der Waals surface area (Å²) in [6, 6.07) is 0. The van der Waals surface area contributed by atoms with Gasteiger partial charge in [-0.05, 0) is 77.0 Å². The van der Waals surface area contributed by atoms with E-state index in [9.17, 15) is 19.5 Å². The maximum atomic E-state index is 12.8. The van der Waals surface area contributed by atoms with Gasteiger partial charge in [-0.3, -0.25) is 9.59 Å². The van der Waals surface area contributed by atoms with E-state index in [4.69, 9.17) is 18.9 Å². The van der Waals surface area contributed by atoms with E-state index < -0.39 is 24.3 Å². The van der Waals surface area contributed by atoms with Crippen molar-refractivity contribution in [2.45, 2.75) is 187 Å². The van der Waals surface area contributed by atoms with Crippen LogP contribution in [0.3, 0.4) is 0 Å². The fourth-order valence-corrected chi connectivity index (χ4v) is 6.26. The number of hydrogen-bond acceptors (Lipinski definition) is 7. The number of quaternary nitrogens is 1. The summed E-state index contributed by atoms with van der Waals surface area (Å²) in [6.07, 6.45) is 57.6. The van der Waals surface area contributed by atoms with Crippen molar-refractivity contribution in [2.24, 2.45) is 0 Å². The normalized spacial score (nSPS) is 13.7. The van der Waals surface area contributed by atoms with Gasteiger partial charge in [-0.1, -0.05) is 182 Å². The van der Waals surface area contributed by atoms with Crippen LogP contribution >= 0.6 is 0 Å². The number of allylic oxidation sites excluding steroid dienone is 16. The first-order valence-electron chi connectivity index (χ1n) is 24.9. The Bertz CT molecular complexity index is 1370. The summed E-state index contributed by atoms with van der Waals surface area (Å²) in [5.74, 6) is -2.08. The first kappa shape index (κ1) is 60.2. The summed E-state index contributed by atoms with van der Waals surface area (Å²) < 4.78 is 22.7. The number of likely N-dealkylation sites (N-methyl/N-ethyl adjacent to an activating group) is 1. The van der Waals surface area contributed by atoms with Gasteiger partial charge in [0.05, 0.1) is 34.4 Å². The number of unbranched alkanes of at least 4 members (excludes halogenated alkanes) is 13. The summed E-state index contributed by atoms with van der Waals surface area (Å²) >= 11 is 0. The van der Waals surface area contributed by atoms with Gasteiger partial charge in [0.25, 0.3) is 6.29 Å². The van der Waals surface area contributed by atoms with Crippen LogP contribution in [0.5, 0.6) is 0 Å². The van der Waals surface area contributed by atoms with Crippen molar-refractivity contribution in [3.63, 3.8) is 0 Å². The highest BCUT2D eigenvalue weighted by molar-refractivity contribution is 5.71. The van der Waals surface area contributed by atoms with E-state index in [2.05, 4.69) is 111 Å². The van der Waals surface area contributed by atoms with Crippen LogP contribution in [0.1, 0.15) is 174 Å². The van der Waals surface area contributed by atoms with Crippen molar-refractivity contribution in [3.8, 4) is 0 Å². The lowest BCUT2D eigenvalue weighted by Crippen LogP contribution is -2.40. The molecule has 0 aliphatic heterocycles. The van der Waals surface area contributed by atoms with Crippen molar-refractivity contribution >= 4 is 17.9 Å². The lowest BCUT2D eigenvalue weighted by molar-refractivity contribution is -0.870. The molecule has 2 atom stereocenters. The van der Waals surface area contributed by atoms with Crippen molar-refractivity contribution < 1.29 is 42.9 Å². The summed E-state index contributed by atoms with van der Waals surface area (Å²) in [6.45, 7) is 4.68. The Morgan fingerprint density at radius 1 is 0.484 bits per heavy atom. The number of carboxylic acids is 1. The molecule has 0 aromatic rings. The number of ether oxygens (including phenoxy) is 4. The van der Waals surface area contributed by atoms with Crippen LogP contribution < -0.4 is 0 Å². The van der Waals surface area contributed by atoms with Crippen molar-refractivity contribution in [3.05, 3.63) is 97.2 Å². The predicted molar refractivity (Wildman–Crippen MR) is 267 cm³/mol. The number of aliphatic carboxylic acids is 1. The van der Waals surface area contributed by atoms with Gasteiger partial charge < -0.3 is 28.5 Å². The second-order valence-electron chi connectivity index (χ2n) is 17.4. The van der Waals surface area contributed by atoms with E-state index >= 15 is 0 Å². The third kappa shape index (κ3) is 46.2. The summed E-state index contributed by atoms with van der Waals surface area (Å²) in [5, 5.41) is 9.65. The van der Waals surface area contributed by atoms with Gasteiger partial charge in [0.1, 0.15) is 13.2 Å². The molecule has 0 rings (SSSR count). The third-order valence-electron chi connectivity index (χ3n) is 10.1. The molecule has 0 radical (unpaired) electrons. The second-order valence-corrected chi connectivity index (χ2v) is 17.4. The van der Waals surface area contributed by atoms with Gasteiger partial charge in [-0.15, -0.1) is 0 Å². The molecular weight excluding hydrogens is 803 g/mol. The average Bonchev–Trinajstić information content (AvgIpc) is 3.26. The van der Waals surface area contributed by atoms with E-state index in [1.807, 2.05) is 21.1 Å². The molecule has 0 saturated carbocycles. The van der Waals surface area contributed by atoms with Gasteiger partial charge in [0, 0.05) is 12.8 Å². The molecule has 0 aromatic heterocycles. The molecule has 0 heterocycles. The van der Waals surface area contributed by atoms with Crippen LogP contribution in [-0.4, -0.2) is 87.4 Å². The number of rotatable bonds is 44. The third-order valence-corrected chi connectivity index (χ3v) is 10.1. The highest BCUT2D eigenvalue weighted by atomic mass is 16.7. The Labute approximate surface area is 391 Å². The minimum Gasteiger partial charge on any atom is -0.477 e. The minimum atomic E-state index is -1.53. The Morgan fingerprint density at radius 3 is 1.33 bits per heavy atom. The van der Waals surface area contributed by atoms with Crippen molar-refractivity contribution in [2.75, 3.05) is 47.5 Å². The van der Waals surface area contributed by atoms with Crippen LogP contribution in [-0.2, 0) is 33.3 Å². The fourth-order valence-electron chi connectivity index (χ4n) is 6.26. The Morgan fingerprint density at radius 2 is 0.891 bits per heavy atom. The molecule has 0 spiro atoms. The summed E-state index contributed by atoms with van der Waals surface area (Å²) in [4.78, 5) is 37.2. The average molecular weight is 895 g/mol. The largest absolute Gasteiger partial charge is 0.477 e. The Kier molecular flexibility index (Phi) is 43.1. The molecule has 0 aliphatic carbocycles. The van der Waals surface area contributed by atoms with E-state index in [1.54, 1.807) is 0 Å². The number of esters is 2. The fraction of sp³-hybridized carbons (Fsp3) is 0.655. The molecule has 64 heavy (non-hydrogen) atoms. The van der Waals surface area contributed by atoms with Crippen LogP contribution in [0, 0.1) is 0 Å². The standard InChI is InChI=1S/C55H91NO8/c1-6-8-10-12-14-16-18-20-21-22-23-24-25-26-27-28-29-30-31-32-33-34-36-38-40-42-44-46-53(58)64-51(50-63-55(54(59)60)61-48-47-56(3,4)5)49-62-52(57)45-43-41-39-37-35-19-17-15-13-11-9-7-2/h8,10,14,16,20-21,23-24,26-27,29-30,32-33,36,38,51,55H,6-7,9,11-13,15,17-19,22,25,28,31,34-35,37,39-50H2,1-5H3/p+1/b10-8-,16-14-,21-20-,24-23-,27-26-,30-29-,33-32-,38-36-. The van der Waals surface area contributed by atoms with E-state index in [-0.39, 0.29) is 38.6 Å². The zero-order chi connectivity index (χ0) is 47.0. The molecule has 9 heteroatoms. The van der Waals surface area contributed by atoms with Gasteiger partial charge in [0.15, 0.2) is 6.10 Å². The number of hydrogen-bond donors (Lipinski definition) is 1. The molecule has 0 aromatic carbocycles.